The summed E-state index contributed by atoms with van der Waals surface area (Å²) in [5, 5.41) is 2.98. The van der Waals surface area contributed by atoms with E-state index in [1.54, 1.807) is 18.3 Å². The van der Waals surface area contributed by atoms with Crippen LogP contribution in [0.3, 0.4) is 0 Å². The SMILES string of the molecule is NC(=O)c1cccnc1Sc1ccc2ccccc2c1. The van der Waals surface area contributed by atoms with Gasteiger partial charge in [-0.1, -0.05) is 42.1 Å². The van der Waals surface area contributed by atoms with Crippen molar-refractivity contribution in [2.24, 2.45) is 5.73 Å². The maximum Gasteiger partial charge on any atom is 0.251 e. The van der Waals surface area contributed by atoms with Gasteiger partial charge in [0.25, 0.3) is 5.91 Å². The van der Waals surface area contributed by atoms with Gasteiger partial charge in [0.05, 0.1) is 5.56 Å². The average molecular weight is 280 g/mol. The van der Waals surface area contributed by atoms with Gasteiger partial charge in [-0.05, 0) is 35.0 Å². The molecule has 0 fully saturated rings. The number of hydrogen-bond donors (Lipinski definition) is 1. The summed E-state index contributed by atoms with van der Waals surface area (Å²) in [5.74, 6) is -0.457. The van der Waals surface area contributed by atoms with Crippen molar-refractivity contribution in [1.29, 1.82) is 0 Å². The minimum absolute atomic E-state index is 0.450. The lowest BCUT2D eigenvalue weighted by Crippen LogP contribution is -2.12. The number of benzene rings is 2. The van der Waals surface area contributed by atoms with E-state index in [1.807, 2.05) is 18.2 Å². The van der Waals surface area contributed by atoms with Gasteiger partial charge in [-0.2, -0.15) is 0 Å². The standard InChI is InChI=1S/C16H12N2OS/c17-15(19)14-6-3-9-18-16(14)20-13-8-7-11-4-1-2-5-12(11)10-13/h1-10H,(H2,17,19). The van der Waals surface area contributed by atoms with Crippen LogP contribution in [-0.4, -0.2) is 10.9 Å². The van der Waals surface area contributed by atoms with Gasteiger partial charge in [0.15, 0.2) is 0 Å². The molecular formula is C16H12N2OS. The molecule has 0 radical (unpaired) electrons. The fourth-order valence-corrected chi connectivity index (χ4v) is 2.94. The van der Waals surface area contributed by atoms with Crippen molar-refractivity contribution < 1.29 is 4.79 Å². The zero-order valence-electron chi connectivity index (χ0n) is 10.6. The van der Waals surface area contributed by atoms with Crippen LogP contribution in [0.25, 0.3) is 10.8 Å². The molecule has 98 valence electrons. The maximum absolute atomic E-state index is 11.4. The molecule has 1 amide bonds. The lowest BCUT2D eigenvalue weighted by atomic mass is 10.1. The number of aromatic nitrogens is 1. The summed E-state index contributed by atoms with van der Waals surface area (Å²) in [6.07, 6.45) is 1.66. The quantitative estimate of drug-likeness (QED) is 0.799. The summed E-state index contributed by atoms with van der Waals surface area (Å²) in [5.41, 5.74) is 5.82. The van der Waals surface area contributed by atoms with Crippen molar-refractivity contribution in [2.75, 3.05) is 0 Å². The number of nitrogens with two attached hydrogens (primary N) is 1. The third-order valence-corrected chi connectivity index (χ3v) is 3.98. The molecule has 0 aliphatic carbocycles. The van der Waals surface area contributed by atoms with Gasteiger partial charge in [0.1, 0.15) is 5.03 Å². The molecule has 3 rings (SSSR count). The Morgan fingerprint density at radius 3 is 2.60 bits per heavy atom. The predicted octanol–water partition coefficient (Wildman–Crippen LogP) is 3.48. The van der Waals surface area contributed by atoms with Crippen LogP contribution in [0.5, 0.6) is 0 Å². The monoisotopic (exact) mass is 280 g/mol. The first-order valence-corrected chi connectivity index (χ1v) is 6.97. The van der Waals surface area contributed by atoms with Crippen molar-refractivity contribution in [1.82, 2.24) is 4.98 Å². The maximum atomic E-state index is 11.4. The van der Waals surface area contributed by atoms with Crippen molar-refractivity contribution in [3.63, 3.8) is 0 Å². The highest BCUT2D eigenvalue weighted by molar-refractivity contribution is 7.99. The third-order valence-electron chi connectivity index (χ3n) is 2.97. The molecule has 2 aromatic carbocycles. The minimum atomic E-state index is -0.457. The Balaban J connectivity index is 1.99. The molecule has 0 saturated carbocycles. The second-order valence-electron chi connectivity index (χ2n) is 4.33. The first-order valence-electron chi connectivity index (χ1n) is 6.15. The number of rotatable bonds is 3. The number of amides is 1. The van der Waals surface area contributed by atoms with E-state index in [4.69, 9.17) is 5.73 Å². The second-order valence-corrected chi connectivity index (χ2v) is 5.39. The highest BCUT2D eigenvalue weighted by Gasteiger charge is 2.10. The summed E-state index contributed by atoms with van der Waals surface area (Å²) in [7, 11) is 0. The smallest absolute Gasteiger partial charge is 0.251 e. The van der Waals surface area contributed by atoms with E-state index in [2.05, 4.69) is 29.2 Å². The summed E-state index contributed by atoms with van der Waals surface area (Å²) in [4.78, 5) is 16.7. The van der Waals surface area contributed by atoms with Gasteiger partial charge < -0.3 is 5.73 Å². The summed E-state index contributed by atoms with van der Waals surface area (Å²) >= 11 is 1.45. The number of fused-ring (bicyclic) bond motifs is 1. The van der Waals surface area contributed by atoms with Crippen LogP contribution in [0.1, 0.15) is 10.4 Å². The molecule has 20 heavy (non-hydrogen) atoms. The number of carbonyl (C=O) groups is 1. The third kappa shape index (κ3) is 2.51. The predicted molar refractivity (Wildman–Crippen MR) is 80.8 cm³/mol. The van der Waals surface area contributed by atoms with Crippen LogP contribution < -0.4 is 5.73 Å². The topological polar surface area (TPSA) is 56.0 Å². The highest BCUT2D eigenvalue weighted by Crippen LogP contribution is 2.30. The molecule has 3 nitrogen and oxygen atoms in total. The van der Waals surface area contributed by atoms with E-state index >= 15 is 0 Å². The van der Waals surface area contributed by atoms with E-state index in [1.165, 1.54) is 17.1 Å². The molecule has 0 saturated heterocycles. The lowest BCUT2D eigenvalue weighted by Gasteiger charge is -2.06. The lowest BCUT2D eigenvalue weighted by molar-refractivity contribution is 0.0997. The van der Waals surface area contributed by atoms with E-state index < -0.39 is 5.91 Å². The van der Waals surface area contributed by atoms with Crippen LogP contribution in [0.15, 0.2) is 70.7 Å². The fourth-order valence-electron chi connectivity index (χ4n) is 2.00. The second kappa shape index (κ2) is 5.35. The Morgan fingerprint density at radius 1 is 1.00 bits per heavy atom. The van der Waals surface area contributed by atoms with Crippen molar-refractivity contribution in [2.45, 2.75) is 9.92 Å². The summed E-state index contributed by atoms with van der Waals surface area (Å²) < 4.78 is 0. The first-order chi connectivity index (χ1) is 9.74. The molecule has 0 aliphatic rings. The van der Waals surface area contributed by atoms with E-state index in [-0.39, 0.29) is 0 Å². The van der Waals surface area contributed by atoms with Crippen LogP contribution in [0, 0.1) is 0 Å². The molecule has 1 heterocycles. The molecule has 0 unspecified atom stereocenters. The Kier molecular flexibility index (Phi) is 3.39. The number of primary amides is 1. The number of hydrogen-bond acceptors (Lipinski definition) is 3. The number of pyridine rings is 1. The van der Waals surface area contributed by atoms with Crippen molar-refractivity contribution in [3.8, 4) is 0 Å². The van der Waals surface area contributed by atoms with Gasteiger partial charge in [0.2, 0.25) is 0 Å². The van der Waals surface area contributed by atoms with Gasteiger partial charge in [-0.3, -0.25) is 4.79 Å². The fraction of sp³-hybridized carbons (Fsp3) is 0. The molecule has 0 atom stereocenters. The molecule has 1 aromatic heterocycles. The molecule has 2 N–H and O–H groups in total. The summed E-state index contributed by atoms with van der Waals surface area (Å²) in [6.45, 7) is 0. The molecule has 0 aliphatic heterocycles. The Morgan fingerprint density at radius 2 is 1.80 bits per heavy atom. The van der Waals surface area contributed by atoms with Crippen molar-refractivity contribution >= 4 is 28.4 Å². The van der Waals surface area contributed by atoms with Gasteiger partial charge in [-0.25, -0.2) is 4.98 Å². The van der Waals surface area contributed by atoms with E-state index in [0.717, 1.165) is 10.3 Å². The first kappa shape index (κ1) is 12.7. The van der Waals surface area contributed by atoms with Crippen molar-refractivity contribution in [3.05, 3.63) is 66.4 Å². The largest absolute Gasteiger partial charge is 0.366 e. The highest BCUT2D eigenvalue weighted by atomic mass is 32.2. The molecule has 3 aromatic rings. The molecular weight excluding hydrogens is 268 g/mol. The van der Waals surface area contributed by atoms with Gasteiger partial charge >= 0.3 is 0 Å². The minimum Gasteiger partial charge on any atom is -0.366 e. The molecule has 0 bridgehead atoms. The number of nitrogens with zero attached hydrogens (tertiary/aromatic N) is 1. The number of carbonyl (C=O) groups excluding carboxylic acids is 1. The molecule has 4 heteroatoms. The Labute approximate surface area is 120 Å². The van der Waals surface area contributed by atoms with Gasteiger partial charge in [0, 0.05) is 11.1 Å². The zero-order chi connectivity index (χ0) is 13.9. The summed E-state index contributed by atoms with van der Waals surface area (Å²) in [6, 6.07) is 17.7. The van der Waals surface area contributed by atoms with E-state index in [9.17, 15) is 4.79 Å². The molecule has 0 spiro atoms. The van der Waals surface area contributed by atoms with E-state index in [0.29, 0.717) is 10.6 Å². The van der Waals surface area contributed by atoms with Crippen LogP contribution in [0.2, 0.25) is 0 Å². The average Bonchev–Trinajstić information content (AvgIpc) is 2.47. The zero-order valence-corrected chi connectivity index (χ0v) is 11.4. The normalized spacial score (nSPS) is 10.6. The van der Waals surface area contributed by atoms with Crippen LogP contribution in [-0.2, 0) is 0 Å². The van der Waals surface area contributed by atoms with Crippen LogP contribution in [0.4, 0.5) is 0 Å². The van der Waals surface area contributed by atoms with Crippen LogP contribution >= 0.6 is 11.8 Å². The Hall–Kier alpha value is -2.33. The van der Waals surface area contributed by atoms with Gasteiger partial charge in [-0.15, -0.1) is 0 Å². The Bertz CT molecular complexity index is 786.